The highest BCUT2D eigenvalue weighted by atomic mass is 16.7. The van der Waals surface area contributed by atoms with Crippen molar-refractivity contribution >= 4 is 17.9 Å². The molecule has 0 radical (unpaired) electrons. The van der Waals surface area contributed by atoms with Gasteiger partial charge in [0, 0.05) is 12.8 Å². The van der Waals surface area contributed by atoms with Crippen molar-refractivity contribution < 1.29 is 42.9 Å². The van der Waals surface area contributed by atoms with Crippen molar-refractivity contribution in [3.05, 3.63) is 219 Å². The van der Waals surface area contributed by atoms with Crippen LogP contribution in [0.1, 0.15) is 219 Å². The van der Waals surface area contributed by atoms with Gasteiger partial charge in [-0.05, 0) is 154 Å². The second-order valence-corrected chi connectivity index (χ2v) is 23.3. The molecule has 506 valence electrons. The van der Waals surface area contributed by atoms with E-state index in [4.69, 9.17) is 18.9 Å². The monoisotopic (exact) mass is 1250 g/mol. The average molecular weight is 1250 g/mol. The van der Waals surface area contributed by atoms with E-state index in [0.717, 1.165) is 180 Å². The summed E-state index contributed by atoms with van der Waals surface area (Å²) in [5.41, 5.74) is 0. The van der Waals surface area contributed by atoms with Crippen LogP contribution >= 0.6 is 0 Å². The topological polar surface area (TPSA) is 111 Å². The molecule has 0 saturated heterocycles. The maximum atomic E-state index is 12.9. The molecule has 0 aromatic heterocycles. The number of unbranched alkanes of at least 4 members (excludes halogenated alkanes) is 10. The minimum absolute atomic E-state index is 0.127. The molecular weight excluding hydrogens is 1130 g/mol. The summed E-state index contributed by atoms with van der Waals surface area (Å²) in [5.74, 6) is -2.37. The fourth-order valence-corrected chi connectivity index (χ4v) is 8.46. The van der Waals surface area contributed by atoms with Crippen LogP contribution in [0.3, 0.4) is 0 Å². The van der Waals surface area contributed by atoms with Gasteiger partial charge in [-0.25, -0.2) is 0 Å². The maximum absolute atomic E-state index is 12.9. The van der Waals surface area contributed by atoms with Gasteiger partial charge in [-0.2, -0.15) is 0 Å². The predicted molar refractivity (Wildman–Crippen MR) is 388 cm³/mol. The van der Waals surface area contributed by atoms with Crippen LogP contribution in [0.5, 0.6) is 0 Å². The van der Waals surface area contributed by atoms with Crippen LogP contribution in [0.4, 0.5) is 0 Å². The molecule has 0 aliphatic rings. The number of quaternary nitrogens is 1. The lowest BCUT2D eigenvalue weighted by molar-refractivity contribution is -0.870. The first kappa shape index (κ1) is 84.6. The SMILES string of the molecule is CC/C=C\C/C=C\C/C=C\C/C=C\C/C=C\C/C=C\C/C=C\C/C=C\C/C=C\C/C=C\C/C=C\CCCCCCCC(=O)OC(COC(=O)CCCCCCC/C=C\C/C=C\C/C=C\C/C=C\C/C=C\C/C=C\C/C=C\CC)COC(OCC[N+](C)(C)C)C(=O)[O-]. The molecule has 0 spiro atoms. The van der Waals surface area contributed by atoms with Crippen LogP contribution in [0.15, 0.2) is 219 Å². The van der Waals surface area contributed by atoms with Crippen molar-refractivity contribution in [3.63, 3.8) is 0 Å². The zero-order valence-corrected chi connectivity index (χ0v) is 57.6. The maximum Gasteiger partial charge on any atom is 0.306 e. The second kappa shape index (κ2) is 69.5. The highest BCUT2D eigenvalue weighted by Gasteiger charge is 2.22. The largest absolute Gasteiger partial charge is 0.545 e. The minimum atomic E-state index is -1.65. The number of carbonyl (C=O) groups excluding carboxylic acids is 3. The zero-order chi connectivity index (χ0) is 66.1. The van der Waals surface area contributed by atoms with Crippen LogP contribution < -0.4 is 5.11 Å². The van der Waals surface area contributed by atoms with Crippen molar-refractivity contribution in [2.24, 2.45) is 0 Å². The van der Waals surface area contributed by atoms with Gasteiger partial charge >= 0.3 is 11.9 Å². The third-order valence-electron chi connectivity index (χ3n) is 13.7. The summed E-state index contributed by atoms with van der Waals surface area (Å²) in [6, 6.07) is 0. The number of carbonyl (C=O) groups is 3. The Hall–Kier alpha value is -6.39. The number of aliphatic carboxylic acids is 1. The lowest BCUT2D eigenvalue weighted by atomic mass is 10.1. The number of ether oxygens (including phenoxy) is 4. The molecule has 0 heterocycles. The molecule has 0 amide bonds. The Morgan fingerprint density at radius 3 is 0.879 bits per heavy atom. The van der Waals surface area contributed by atoms with E-state index in [1.165, 1.54) is 0 Å². The van der Waals surface area contributed by atoms with Gasteiger partial charge in [0.2, 0.25) is 0 Å². The van der Waals surface area contributed by atoms with E-state index in [-0.39, 0.29) is 32.7 Å². The average Bonchev–Trinajstić information content (AvgIpc) is 3.46. The highest BCUT2D eigenvalue weighted by molar-refractivity contribution is 5.70. The molecule has 0 aromatic rings. The highest BCUT2D eigenvalue weighted by Crippen LogP contribution is 2.13. The first-order valence-electron chi connectivity index (χ1n) is 34.9. The van der Waals surface area contributed by atoms with E-state index < -0.39 is 30.3 Å². The molecule has 0 N–H and O–H groups in total. The molecule has 0 bridgehead atoms. The number of rotatable bonds is 61. The number of carboxylic acid groups (broad SMARTS) is 1. The number of hydrogen-bond donors (Lipinski definition) is 0. The Morgan fingerprint density at radius 2 is 0.593 bits per heavy atom. The van der Waals surface area contributed by atoms with E-state index >= 15 is 0 Å². The Labute approximate surface area is 556 Å². The summed E-state index contributed by atoms with van der Waals surface area (Å²) >= 11 is 0. The van der Waals surface area contributed by atoms with Crippen molar-refractivity contribution in [2.75, 3.05) is 47.5 Å². The molecule has 9 nitrogen and oxygen atoms in total. The molecule has 91 heavy (non-hydrogen) atoms. The first-order valence-corrected chi connectivity index (χ1v) is 34.9. The molecular formula is C82H125NO8. The lowest BCUT2D eigenvalue weighted by Crippen LogP contribution is -2.44. The molecule has 0 rings (SSSR count). The molecule has 2 unspecified atom stereocenters. The van der Waals surface area contributed by atoms with Gasteiger partial charge in [-0.15, -0.1) is 0 Å². The normalized spacial score (nSPS) is 14.1. The fraction of sp³-hybridized carbons (Fsp3) is 0.524. The van der Waals surface area contributed by atoms with Gasteiger partial charge in [-0.3, -0.25) is 9.59 Å². The van der Waals surface area contributed by atoms with E-state index in [0.29, 0.717) is 23.9 Å². The molecule has 0 aliphatic carbocycles. The zero-order valence-electron chi connectivity index (χ0n) is 57.6. The Kier molecular flexibility index (Phi) is 64.6. The Balaban J connectivity index is 4.31. The van der Waals surface area contributed by atoms with Gasteiger partial charge in [-0.1, -0.05) is 271 Å². The number of likely N-dealkylation sites (N-methyl/N-ethyl adjacent to an activating group) is 1. The molecule has 0 saturated carbocycles. The van der Waals surface area contributed by atoms with Crippen molar-refractivity contribution in [1.82, 2.24) is 0 Å². The molecule has 0 aliphatic heterocycles. The summed E-state index contributed by atoms with van der Waals surface area (Å²) in [6.45, 7) is 4.44. The number of carboxylic acids is 1. The van der Waals surface area contributed by atoms with Crippen molar-refractivity contribution in [1.29, 1.82) is 0 Å². The summed E-state index contributed by atoms with van der Waals surface area (Å²) in [7, 11) is 5.89. The van der Waals surface area contributed by atoms with Gasteiger partial charge < -0.3 is 33.3 Å². The van der Waals surface area contributed by atoms with E-state index in [1.54, 1.807) is 0 Å². The fourth-order valence-electron chi connectivity index (χ4n) is 8.46. The summed E-state index contributed by atoms with van der Waals surface area (Å²) < 4.78 is 22.7. The van der Waals surface area contributed by atoms with E-state index in [2.05, 4.69) is 233 Å². The summed E-state index contributed by atoms with van der Waals surface area (Å²) in [5, 5.41) is 11.8. The van der Waals surface area contributed by atoms with Gasteiger partial charge in [0.25, 0.3) is 0 Å². The standard InChI is InChI=1S/C82H125NO8/c1-6-8-10-12-14-16-18-20-22-24-26-28-30-32-34-35-36-37-38-39-40-41-42-43-44-45-47-49-51-53-55-57-59-61-63-65-67-69-71-73-80(85)91-78(77-90-82(81(86)87)88-75-74-83(3,4)5)76-89-79(84)72-70-68-66-64-62-60-58-56-54-52-50-48-46-33-31-29-27-25-23-21-19-17-15-13-11-9-7-2/h8-11,14-17,20-23,26-29,32-34,36-37,39-40,42-43,45-47,50-53,56-59,78,82H,6-7,12-13,18-19,24-25,30-31,35,38,41,44,48-49,54-55,60-77H2,1-5H3/b10-8-,11-9-,16-14-,17-15-,22-20-,23-21-,28-26-,29-27-,34-32-,37-36-,40-39-,43-42-,46-33-,47-45-,52-50-,53-51-,58-56-,59-57-. The molecule has 2 atom stereocenters. The lowest BCUT2D eigenvalue weighted by Gasteiger charge is -2.26. The molecule has 9 heteroatoms. The second-order valence-electron chi connectivity index (χ2n) is 23.3. The van der Waals surface area contributed by atoms with Gasteiger partial charge in [0.15, 0.2) is 12.4 Å². The minimum Gasteiger partial charge on any atom is -0.545 e. The summed E-state index contributed by atoms with van der Waals surface area (Å²) in [6.07, 6.45) is 107. The Bertz CT molecular complexity index is 2300. The predicted octanol–water partition coefficient (Wildman–Crippen LogP) is 20.8. The van der Waals surface area contributed by atoms with Crippen molar-refractivity contribution in [3.8, 4) is 0 Å². The molecule has 0 aromatic carbocycles. The first-order chi connectivity index (χ1) is 44.6. The van der Waals surface area contributed by atoms with E-state index in [1.807, 2.05) is 21.1 Å². The quantitative estimate of drug-likeness (QED) is 0.0195. The van der Waals surface area contributed by atoms with Crippen LogP contribution in [0.2, 0.25) is 0 Å². The van der Waals surface area contributed by atoms with Crippen LogP contribution in [-0.4, -0.2) is 82.3 Å². The number of nitrogens with zero attached hydrogens (tertiary/aromatic N) is 1. The summed E-state index contributed by atoms with van der Waals surface area (Å²) in [4.78, 5) is 37.5. The molecule has 0 fully saturated rings. The number of hydrogen-bond acceptors (Lipinski definition) is 8. The smallest absolute Gasteiger partial charge is 0.306 e. The third kappa shape index (κ3) is 70.9. The number of allylic oxidation sites excluding steroid dienone is 36. The van der Waals surface area contributed by atoms with Crippen LogP contribution in [0, 0.1) is 0 Å². The van der Waals surface area contributed by atoms with Crippen LogP contribution in [0.25, 0.3) is 0 Å². The van der Waals surface area contributed by atoms with Crippen molar-refractivity contribution in [2.45, 2.75) is 232 Å². The number of esters is 2. The Morgan fingerprint density at radius 1 is 0.330 bits per heavy atom. The van der Waals surface area contributed by atoms with E-state index in [9.17, 15) is 19.5 Å². The third-order valence-corrected chi connectivity index (χ3v) is 13.7. The van der Waals surface area contributed by atoms with Gasteiger partial charge in [0.1, 0.15) is 13.2 Å². The van der Waals surface area contributed by atoms with Gasteiger partial charge in [0.05, 0.1) is 40.3 Å². The van der Waals surface area contributed by atoms with Crippen LogP contribution in [-0.2, 0) is 33.3 Å².